The van der Waals surface area contributed by atoms with Crippen molar-refractivity contribution in [3.05, 3.63) is 34.5 Å². The minimum absolute atomic E-state index is 0.0223. The molecule has 5 heteroatoms. The van der Waals surface area contributed by atoms with Crippen LogP contribution in [0.15, 0.2) is 17.5 Å². The van der Waals surface area contributed by atoms with Crippen molar-refractivity contribution in [1.29, 1.82) is 5.26 Å². The van der Waals surface area contributed by atoms with Gasteiger partial charge in [-0.3, -0.25) is 0 Å². The molecule has 0 aliphatic carbocycles. The molecule has 2 aromatic heterocycles. The number of thiazole rings is 1. The molecule has 4 nitrogen and oxygen atoms in total. The predicted molar refractivity (Wildman–Crippen MR) is 77.8 cm³/mol. The van der Waals surface area contributed by atoms with Crippen LogP contribution in [-0.2, 0) is 5.41 Å². The summed E-state index contributed by atoms with van der Waals surface area (Å²) < 4.78 is 0. The summed E-state index contributed by atoms with van der Waals surface area (Å²) in [6.45, 7) is 8.27. The lowest BCUT2D eigenvalue weighted by molar-refractivity contribution is 0.573. The van der Waals surface area contributed by atoms with Gasteiger partial charge in [-0.2, -0.15) is 5.26 Å². The normalized spacial score (nSPS) is 11.1. The van der Waals surface area contributed by atoms with Crippen LogP contribution >= 0.6 is 11.3 Å². The molecular formula is C14H16N4S. The Hall–Kier alpha value is -1.93. The number of nitrogens with zero attached hydrogens (tertiary/aromatic N) is 3. The Morgan fingerprint density at radius 2 is 2.00 bits per heavy atom. The Balaban J connectivity index is 2.29. The number of hydrogen-bond acceptors (Lipinski definition) is 5. The number of pyridine rings is 1. The van der Waals surface area contributed by atoms with Crippen LogP contribution in [0.25, 0.3) is 0 Å². The Labute approximate surface area is 117 Å². The van der Waals surface area contributed by atoms with Crippen molar-refractivity contribution in [2.75, 3.05) is 5.32 Å². The van der Waals surface area contributed by atoms with Crippen LogP contribution in [0.3, 0.4) is 0 Å². The van der Waals surface area contributed by atoms with Crippen LogP contribution in [-0.4, -0.2) is 9.97 Å². The summed E-state index contributed by atoms with van der Waals surface area (Å²) in [5.41, 5.74) is 2.45. The van der Waals surface area contributed by atoms with E-state index in [1.165, 1.54) is 11.3 Å². The molecule has 1 N–H and O–H groups in total. The highest BCUT2D eigenvalue weighted by Gasteiger charge is 2.18. The summed E-state index contributed by atoms with van der Waals surface area (Å²) >= 11 is 1.52. The zero-order chi connectivity index (χ0) is 14.0. The summed E-state index contributed by atoms with van der Waals surface area (Å²) in [7, 11) is 0. The quantitative estimate of drug-likeness (QED) is 0.904. The second-order valence-corrected chi connectivity index (χ2v) is 6.23. The maximum Gasteiger partial charge on any atom is 0.188 e. The monoisotopic (exact) mass is 272 g/mol. The lowest BCUT2D eigenvalue weighted by Crippen LogP contribution is -2.11. The van der Waals surface area contributed by atoms with Crippen LogP contribution in [0.4, 0.5) is 10.9 Å². The van der Waals surface area contributed by atoms with Crippen molar-refractivity contribution in [2.24, 2.45) is 0 Å². The highest BCUT2D eigenvalue weighted by Crippen LogP contribution is 2.28. The second kappa shape index (κ2) is 4.98. The number of nitrogens with one attached hydrogen (secondary N) is 1. The standard InChI is InChI=1S/C14H16N4S/c1-9-5-6-10(7-15)12(16-9)18-13-17-11(8-19-13)14(2,3)4/h5-6,8H,1-4H3,(H,16,17,18). The SMILES string of the molecule is Cc1ccc(C#N)c(Nc2nc(C(C)(C)C)cs2)n1. The first-order chi connectivity index (χ1) is 8.90. The molecule has 19 heavy (non-hydrogen) atoms. The van der Waals surface area contributed by atoms with E-state index in [0.29, 0.717) is 11.4 Å². The second-order valence-electron chi connectivity index (χ2n) is 5.37. The molecule has 0 saturated heterocycles. The zero-order valence-corrected chi connectivity index (χ0v) is 12.3. The number of nitriles is 1. The van der Waals surface area contributed by atoms with Gasteiger partial charge in [0.15, 0.2) is 5.13 Å². The van der Waals surface area contributed by atoms with Crippen molar-refractivity contribution in [3.63, 3.8) is 0 Å². The van der Waals surface area contributed by atoms with Gasteiger partial charge in [0.25, 0.3) is 0 Å². The molecule has 0 aliphatic heterocycles. The van der Waals surface area contributed by atoms with Gasteiger partial charge in [0.1, 0.15) is 11.9 Å². The fraction of sp³-hybridized carbons (Fsp3) is 0.357. The average molecular weight is 272 g/mol. The third-order valence-electron chi connectivity index (χ3n) is 2.65. The number of anilines is 2. The van der Waals surface area contributed by atoms with Gasteiger partial charge in [0.05, 0.1) is 11.3 Å². The topological polar surface area (TPSA) is 61.6 Å². The van der Waals surface area contributed by atoms with Crippen molar-refractivity contribution in [2.45, 2.75) is 33.1 Å². The highest BCUT2D eigenvalue weighted by molar-refractivity contribution is 7.13. The maximum atomic E-state index is 9.07. The summed E-state index contributed by atoms with van der Waals surface area (Å²) in [6.07, 6.45) is 0. The van der Waals surface area contributed by atoms with Gasteiger partial charge in [-0.1, -0.05) is 20.8 Å². The average Bonchev–Trinajstić information content (AvgIpc) is 2.77. The first kappa shape index (κ1) is 13.5. The molecule has 2 heterocycles. The van der Waals surface area contributed by atoms with Crippen molar-refractivity contribution < 1.29 is 0 Å². The fourth-order valence-electron chi connectivity index (χ4n) is 1.52. The van der Waals surface area contributed by atoms with Crippen LogP contribution in [0, 0.1) is 18.3 Å². The van der Waals surface area contributed by atoms with Crippen molar-refractivity contribution >= 4 is 22.3 Å². The molecule has 0 bridgehead atoms. The predicted octanol–water partition coefficient (Wildman–Crippen LogP) is 3.76. The van der Waals surface area contributed by atoms with E-state index in [-0.39, 0.29) is 5.41 Å². The third-order valence-corrected chi connectivity index (χ3v) is 3.41. The summed E-state index contributed by atoms with van der Waals surface area (Å²) in [4.78, 5) is 8.88. The van der Waals surface area contributed by atoms with E-state index in [1.54, 1.807) is 6.07 Å². The van der Waals surface area contributed by atoms with Gasteiger partial charge < -0.3 is 5.32 Å². The number of hydrogen-bond donors (Lipinski definition) is 1. The van der Waals surface area contributed by atoms with Crippen molar-refractivity contribution in [3.8, 4) is 6.07 Å². The van der Waals surface area contributed by atoms with E-state index in [2.05, 4.69) is 42.1 Å². The first-order valence-electron chi connectivity index (χ1n) is 6.01. The zero-order valence-electron chi connectivity index (χ0n) is 11.5. The molecule has 0 unspecified atom stereocenters. The van der Waals surface area contributed by atoms with Gasteiger partial charge in [0, 0.05) is 16.5 Å². The Morgan fingerprint density at radius 1 is 1.26 bits per heavy atom. The van der Waals surface area contributed by atoms with Gasteiger partial charge in [-0.15, -0.1) is 11.3 Å². The van der Waals surface area contributed by atoms with Crippen LogP contribution < -0.4 is 5.32 Å². The molecule has 0 spiro atoms. The van der Waals surface area contributed by atoms with Gasteiger partial charge in [0.2, 0.25) is 0 Å². The lowest BCUT2D eigenvalue weighted by atomic mass is 9.93. The van der Waals surface area contributed by atoms with E-state index >= 15 is 0 Å². The lowest BCUT2D eigenvalue weighted by Gasteiger charge is -2.14. The fourth-order valence-corrected chi connectivity index (χ4v) is 2.46. The Bertz CT molecular complexity index is 632. The van der Waals surface area contributed by atoms with Gasteiger partial charge in [-0.25, -0.2) is 9.97 Å². The molecule has 0 aromatic carbocycles. The van der Waals surface area contributed by atoms with Crippen LogP contribution in [0.2, 0.25) is 0 Å². The van der Waals surface area contributed by atoms with Crippen molar-refractivity contribution in [1.82, 2.24) is 9.97 Å². The largest absolute Gasteiger partial charge is 0.315 e. The molecule has 0 atom stereocenters. The molecular weight excluding hydrogens is 256 g/mol. The number of aryl methyl sites for hydroxylation is 1. The molecule has 0 saturated carbocycles. The number of rotatable bonds is 2. The van der Waals surface area contributed by atoms with Gasteiger partial charge in [-0.05, 0) is 19.1 Å². The summed E-state index contributed by atoms with van der Waals surface area (Å²) in [5, 5.41) is 15.0. The maximum absolute atomic E-state index is 9.07. The van der Waals surface area contributed by atoms with E-state index in [4.69, 9.17) is 5.26 Å². The van der Waals surface area contributed by atoms with E-state index in [0.717, 1.165) is 16.5 Å². The Kier molecular flexibility index (Phi) is 3.54. The third kappa shape index (κ3) is 3.09. The van der Waals surface area contributed by atoms with E-state index in [1.807, 2.05) is 18.4 Å². The van der Waals surface area contributed by atoms with Gasteiger partial charge >= 0.3 is 0 Å². The van der Waals surface area contributed by atoms with E-state index in [9.17, 15) is 0 Å². The first-order valence-corrected chi connectivity index (χ1v) is 6.89. The molecule has 0 radical (unpaired) electrons. The molecule has 0 amide bonds. The summed E-state index contributed by atoms with van der Waals surface area (Å²) in [6, 6.07) is 5.72. The smallest absolute Gasteiger partial charge is 0.188 e. The van der Waals surface area contributed by atoms with E-state index < -0.39 is 0 Å². The Morgan fingerprint density at radius 3 is 2.58 bits per heavy atom. The molecule has 0 aliphatic rings. The van der Waals surface area contributed by atoms with Crippen LogP contribution in [0.5, 0.6) is 0 Å². The molecule has 98 valence electrons. The minimum atomic E-state index is 0.0223. The minimum Gasteiger partial charge on any atom is -0.315 e. The number of aromatic nitrogens is 2. The van der Waals surface area contributed by atoms with Crippen LogP contribution in [0.1, 0.15) is 37.7 Å². The molecule has 2 rings (SSSR count). The molecule has 2 aromatic rings. The highest BCUT2D eigenvalue weighted by atomic mass is 32.1. The summed E-state index contributed by atoms with van der Waals surface area (Å²) in [5.74, 6) is 0.567. The molecule has 0 fully saturated rings.